The molecule has 0 aliphatic rings. The number of sulfone groups is 1. The predicted molar refractivity (Wildman–Crippen MR) is 76.3 cm³/mol. The summed E-state index contributed by atoms with van der Waals surface area (Å²) in [5.41, 5.74) is 0.389. The Morgan fingerprint density at radius 3 is 2.32 bits per heavy atom. The first-order chi connectivity index (χ1) is 8.84. The van der Waals surface area contributed by atoms with Crippen LogP contribution in [0.2, 0.25) is 0 Å². The summed E-state index contributed by atoms with van der Waals surface area (Å²) in [5, 5.41) is 8.85. The van der Waals surface area contributed by atoms with Crippen LogP contribution in [0, 0.1) is 0 Å². The molecule has 1 rings (SSSR count). The van der Waals surface area contributed by atoms with E-state index >= 15 is 0 Å². The summed E-state index contributed by atoms with van der Waals surface area (Å²) >= 11 is 1.47. The van der Waals surface area contributed by atoms with E-state index in [0.717, 1.165) is 11.2 Å². The normalized spacial score (nSPS) is 12.4. The van der Waals surface area contributed by atoms with Crippen molar-refractivity contribution in [1.82, 2.24) is 0 Å². The van der Waals surface area contributed by atoms with E-state index in [4.69, 9.17) is 5.11 Å². The summed E-state index contributed by atoms with van der Waals surface area (Å²) in [7, 11) is -3.17. The van der Waals surface area contributed by atoms with Crippen molar-refractivity contribution >= 4 is 27.6 Å². The number of rotatable bonds is 6. The highest BCUT2D eigenvalue weighted by Gasteiger charge is 2.06. The fraction of sp³-hybridized carbons (Fsp3) is 0.308. The topological polar surface area (TPSA) is 71.4 Å². The Bertz CT molecular complexity index is 571. The van der Waals surface area contributed by atoms with E-state index < -0.39 is 15.8 Å². The van der Waals surface area contributed by atoms with E-state index in [2.05, 4.69) is 0 Å². The summed E-state index contributed by atoms with van der Waals surface area (Å²) in [6.07, 6.45) is 3.33. The Kier molecular flexibility index (Phi) is 5.62. The third kappa shape index (κ3) is 5.08. The maximum absolute atomic E-state index is 11.3. The zero-order valence-corrected chi connectivity index (χ0v) is 12.4. The first-order valence-corrected chi connectivity index (χ1v) is 8.57. The van der Waals surface area contributed by atoms with Crippen LogP contribution in [0.25, 0.3) is 0 Å². The second kappa shape index (κ2) is 6.77. The van der Waals surface area contributed by atoms with Crippen molar-refractivity contribution in [2.24, 2.45) is 0 Å². The van der Waals surface area contributed by atoms with Gasteiger partial charge in [0.2, 0.25) is 0 Å². The first kappa shape index (κ1) is 15.8. The monoisotopic (exact) mass is 300 g/mol. The molecule has 0 heterocycles. The molecule has 0 atom stereocenters. The molecule has 1 aromatic carbocycles. The highest BCUT2D eigenvalue weighted by atomic mass is 32.2. The van der Waals surface area contributed by atoms with Crippen LogP contribution in [0.1, 0.15) is 13.3 Å². The molecule has 19 heavy (non-hydrogen) atoms. The Labute approximate surface area is 117 Å². The second-order valence-electron chi connectivity index (χ2n) is 3.94. The summed E-state index contributed by atoms with van der Waals surface area (Å²) in [6, 6.07) is 6.56. The molecule has 0 amide bonds. The molecule has 1 N–H and O–H groups in total. The average molecular weight is 300 g/mol. The molecule has 6 heteroatoms. The Morgan fingerprint density at radius 1 is 1.32 bits per heavy atom. The van der Waals surface area contributed by atoms with Gasteiger partial charge in [-0.05, 0) is 30.7 Å². The standard InChI is InChI=1S/C13H16O4S2/c1-3-10(13(14)15)8-9-18-11-4-6-12(7-5-11)19(2,16)17/h4-8H,3,9H2,1-2H3,(H,14,15). The van der Waals surface area contributed by atoms with Gasteiger partial charge in [0.1, 0.15) is 0 Å². The fourth-order valence-corrected chi connectivity index (χ4v) is 2.84. The minimum atomic E-state index is -3.17. The van der Waals surface area contributed by atoms with E-state index in [1.165, 1.54) is 11.8 Å². The third-order valence-corrected chi connectivity index (χ3v) is 4.55. The lowest BCUT2D eigenvalue weighted by atomic mass is 10.2. The second-order valence-corrected chi connectivity index (χ2v) is 7.05. The molecular formula is C13H16O4S2. The maximum Gasteiger partial charge on any atom is 0.331 e. The number of carbonyl (C=O) groups is 1. The van der Waals surface area contributed by atoms with Crippen LogP contribution >= 0.6 is 11.8 Å². The van der Waals surface area contributed by atoms with E-state index in [-0.39, 0.29) is 4.90 Å². The highest BCUT2D eigenvalue weighted by Crippen LogP contribution is 2.21. The van der Waals surface area contributed by atoms with Crippen molar-refractivity contribution < 1.29 is 18.3 Å². The van der Waals surface area contributed by atoms with E-state index in [1.807, 2.05) is 0 Å². The van der Waals surface area contributed by atoms with Crippen molar-refractivity contribution in [2.75, 3.05) is 12.0 Å². The molecule has 0 spiro atoms. The molecule has 104 valence electrons. The van der Waals surface area contributed by atoms with Crippen molar-refractivity contribution in [1.29, 1.82) is 0 Å². The molecule has 0 unspecified atom stereocenters. The number of thioether (sulfide) groups is 1. The number of benzene rings is 1. The minimum Gasteiger partial charge on any atom is -0.478 e. The van der Waals surface area contributed by atoms with Crippen molar-refractivity contribution in [3.8, 4) is 0 Å². The molecule has 4 nitrogen and oxygen atoms in total. The SMILES string of the molecule is CCC(=CCSc1ccc(S(C)(=O)=O)cc1)C(=O)O. The van der Waals surface area contributed by atoms with Gasteiger partial charge in [0.25, 0.3) is 0 Å². The molecule has 0 bridgehead atoms. The van der Waals surface area contributed by atoms with Gasteiger partial charge in [0.05, 0.1) is 4.90 Å². The van der Waals surface area contributed by atoms with Gasteiger partial charge < -0.3 is 5.11 Å². The van der Waals surface area contributed by atoms with Gasteiger partial charge in [0, 0.05) is 22.5 Å². The summed E-state index contributed by atoms with van der Waals surface area (Å²) in [4.78, 5) is 12.0. The van der Waals surface area contributed by atoms with Gasteiger partial charge >= 0.3 is 5.97 Å². The fourth-order valence-electron chi connectivity index (χ4n) is 1.40. The zero-order chi connectivity index (χ0) is 14.5. The molecule has 0 saturated carbocycles. The molecule has 0 saturated heterocycles. The van der Waals surface area contributed by atoms with Crippen molar-refractivity contribution in [3.05, 3.63) is 35.9 Å². The van der Waals surface area contributed by atoms with Gasteiger partial charge in [-0.1, -0.05) is 13.0 Å². The van der Waals surface area contributed by atoms with Crippen LogP contribution in [0.5, 0.6) is 0 Å². The molecular weight excluding hydrogens is 284 g/mol. The summed E-state index contributed by atoms with van der Waals surface area (Å²) < 4.78 is 22.6. The first-order valence-electron chi connectivity index (χ1n) is 5.70. The quantitative estimate of drug-likeness (QED) is 0.646. The van der Waals surface area contributed by atoms with Gasteiger partial charge in [-0.25, -0.2) is 13.2 Å². The molecule has 1 aromatic rings. The highest BCUT2D eigenvalue weighted by molar-refractivity contribution is 7.99. The number of carboxylic acids is 1. The third-order valence-electron chi connectivity index (χ3n) is 2.49. The maximum atomic E-state index is 11.3. The molecule has 0 fully saturated rings. The Hall–Kier alpha value is -1.27. The largest absolute Gasteiger partial charge is 0.478 e. The summed E-state index contributed by atoms with van der Waals surface area (Å²) in [5.74, 6) is -0.344. The van der Waals surface area contributed by atoms with Gasteiger partial charge in [-0.2, -0.15) is 0 Å². The number of hydrogen-bond acceptors (Lipinski definition) is 4. The van der Waals surface area contributed by atoms with Crippen LogP contribution in [0.3, 0.4) is 0 Å². The molecule has 0 aliphatic heterocycles. The molecule has 0 aromatic heterocycles. The van der Waals surface area contributed by atoms with Crippen LogP contribution in [0.4, 0.5) is 0 Å². The molecule has 0 radical (unpaired) electrons. The van der Waals surface area contributed by atoms with Crippen LogP contribution < -0.4 is 0 Å². The molecule has 0 aliphatic carbocycles. The van der Waals surface area contributed by atoms with Crippen LogP contribution in [0.15, 0.2) is 45.7 Å². The number of aliphatic carboxylic acids is 1. The van der Waals surface area contributed by atoms with E-state index in [1.54, 1.807) is 37.3 Å². The minimum absolute atomic E-state index is 0.284. The lowest BCUT2D eigenvalue weighted by molar-refractivity contribution is -0.132. The summed E-state index contributed by atoms with van der Waals surface area (Å²) in [6.45, 7) is 1.80. The number of carboxylic acid groups (broad SMARTS) is 1. The smallest absolute Gasteiger partial charge is 0.331 e. The van der Waals surface area contributed by atoms with E-state index in [9.17, 15) is 13.2 Å². The van der Waals surface area contributed by atoms with E-state index in [0.29, 0.717) is 17.7 Å². The zero-order valence-electron chi connectivity index (χ0n) is 10.8. The Morgan fingerprint density at radius 2 is 1.89 bits per heavy atom. The average Bonchev–Trinajstić information content (AvgIpc) is 2.33. The van der Waals surface area contributed by atoms with Gasteiger partial charge in [0.15, 0.2) is 9.84 Å². The Balaban J connectivity index is 2.67. The van der Waals surface area contributed by atoms with Crippen LogP contribution in [-0.2, 0) is 14.6 Å². The predicted octanol–water partition coefficient (Wildman–Crippen LogP) is 2.60. The van der Waals surface area contributed by atoms with Crippen molar-refractivity contribution in [3.63, 3.8) is 0 Å². The van der Waals surface area contributed by atoms with Crippen LogP contribution in [-0.4, -0.2) is 31.5 Å². The van der Waals surface area contributed by atoms with Crippen molar-refractivity contribution in [2.45, 2.75) is 23.1 Å². The lowest BCUT2D eigenvalue weighted by Crippen LogP contribution is -1.99. The van der Waals surface area contributed by atoms with Gasteiger partial charge in [-0.3, -0.25) is 0 Å². The lowest BCUT2D eigenvalue weighted by Gasteiger charge is -2.02. The number of hydrogen-bond donors (Lipinski definition) is 1. The van der Waals surface area contributed by atoms with Gasteiger partial charge in [-0.15, -0.1) is 11.8 Å².